The van der Waals surface area contributed by atoms with Crippen molar-refractivity contribution in [1.82, 2.24) is 9.97 Å². The number of hydrogen-bond donors (Lipinski definition) is 4. The molecule has 3 aromatic carbocycles. The molecule has 0 aliphatic carbocycles. The second-order valence-electron chi connectivity index (χ2n) is 10.3. The van der Waals surface area contributed by atoms with Gasteiger partial charge in [-0.15, -0.1) is 12.4 Å². The van der Waals surface area contributed by atoms with Crippen LogP contribution in [0.1, 0.15) is 32.6 Å². The summed E-state index contributed by atoms with van der Waals surface area (Å²) in [7, 11) is 2.97. The van der Waals surface area contributed by atoms with Gasteiger partial charge in [-0.2, -0.15) is 4.98 Å². The number of aromatic nitrogens is 2. The van der Waals surface area contributed by atoms with Crippen molar-refractivity contribution in [3.05, 3.63) is 101 Å². The van der Waals surface area contributed by atoms with E-state index < -0.39 is 23.2 Å². The highest BCUT2D eigenvalue weighted by molar-refractivity contribution is 6.21. The summed E-state index contributed by atoms with van der Waals surface area (Å²) >= 11 is 0. The van der Waals surface area contributed by atoms with Gasteiger partial charge in [0, 0.05) is 36.0 Å². The Morgan fingerprint density at radius 1 is 0.957 bits per heavy atom. The van der Waals surface area contributed by atoms with Gasteiger partial charge < -0.3 is 36.1 Å². The molecule has 0 saturated carbocycles. The Balaban J connectivity index is 0.00000500. The number of β-amino-alcohol motifs (C(OH)–C–C–N with tert-alkyl or cyclic N) is 1. The molecule has 0 bridgehead atoms. The van der Waals surface area contributed by atoms with E-state index >= 15 is 0 Å². The van der Waals surface area contributed by atoms with E-state index in [9.17, 15) is 19.8 Å². The van der Waals surface area contributed by atoms with Gasteiger partial charge in [0.2, 0.25) is 11.4 Å². The van der Waals surface area contributed by atoms with Crippen molar-refractivity contribution in [2.45, 2.75) is 12.5 Å². The molecule has 2 heterocycles. The molecule has 1 aliphatic heterocycles. The number of ketones is 1. The molecule has 4 aromatic rings. The summed E-state index contributed by atoms with van der Waals surface area (Å²) in [6.07, 6.45) is 1.56. The number of carbonyl (C=O) groups excluding carboxylic acids is 1. The lowest BCUT2D eigenvalue weighted by atomic mass is 9.69. The van der Waals surface area contributed by atoms with Crippen molar-refractivity contribution in [2.75, 3.05) is 43.7 Å². The first-order valence-corrected chi connectivity index (χ1v) is 14.2. The van der Waals surface area contributed by atoms with Crippen LogP contribution in [0.4, 0.5) is 17.5 Å². The summed E-state index contributed by atoms with van der Waals surface area (Å²) in [4.78, 5) is 38.0. The number of anilines is 3. The zero-order chi connectivity index (χ0) is 32.8. The molecule has 5 rings (SSSR count). The number of nitrogens with two attached hydrogens (primary N) is 2. The number of para-hydroxylation sites is 2. The van der Waals surface area contributed by atoms with E-state index in [1.807, 2.05) is 0 Å². The Morgan fingerprint density at radius 3 is 2.19 bits per heavy atom. The fraction of sp³-hybridized carbons (Fsp3) is 0.200. The van der Waals surface area contributed by atoms with E-state index in [1.54, 1.807) is 71.6 Å². The Labute approximate surface area is 278 Å². The minimum Gasteiger partial charge on any atom is -0.495 e. The molecule has 12 heteroatoms. The van der Waals surface area contributed by atoms with Crippen LogP contribution in [0.2, 0.25) is 0 Å². The third-order valence-corrected chi connectivity index (χ3v) is 7.67. The Bertz CT molecular complexity index is 1950. The van der Waals surface area contributed by atoms with Crippen molar-refractivity contribution in [2.24, 2.45) is 5.41 Å². The number of carboxylic acid groups (broad SMARTS) is 1. The first-order chi connectivity index (χ1) is 22.2. The lowest BCUT2D eigenvalue weighted by Crippen LogP contribution is -2.60. The molecule has 0 amide bonds. The monoisotopic (exact) mass is 653 g/mol. The van der Waals surface area contributed by atoms with Crippen LogP contribution in [0.3, 0.4) is 0 Å². The SMILES string of the molecule is COc1ccccc1C#CC1N(CCO)c2cccc(Cc3cnc(N)nc3N)c2C(=O)C1(C#Cc1ccccc1OC)C(=O)O.Cl. The first kappa shape index (κ1) is 34.1. The summed E-state index contributed by atoms with van der Waals surface area (Å²) in [6.45, 7) is -0.410. The van der Waals surface area contributed by atoms with Crippen LogP contribution in [0.25, 0.3) is 0 Å². The van der Waals surface area contributed by atoms with Gasteiger partial charge in [-0.25, -0.2) is 9.78 Å². The molecule has 2 unspecified atom stereocenters. The Morgan fingerprint density at radius 2 is 1.60 bits per heavy atom. The number of fused-ring (bicyclic) bond motifs is 1. The second-order valence-corrected chi connectivity index (χ2v) is 10.3. The lowest BCUT2D eigenvalue weighted by Gasteiger charge is -2.43. The molecule has 0 fully saturated rings. The van der Waals surface area contributed by atoms with Crippen LogP contribution < -0.4 is 25.8 Å². The number of aliphatic carboxylic acids is 1. The Kier molecular flexibility index (Phi) is 10.6. The van der Waals surface area contributed by atoms with Crippen LogP contribution in [0.15, 0.2) is 72.9 Å². The third-order valence-electron chi connectivity index (χ3n) is 7.67. The molecule has 6 N–H and O–H groups in total. The lowest BCUT2D eigenvalue weighted by molar-refractivity contribution is -0.143. The fourth-order valence-electron chi connectivity index (χ4n) is 5.45. The standard InChI is InChI=1S/C35H31N5O6.ClH/c1-45-27-12-5-3-8-22(27)14-15-29-35(33(43)44,17-16-23-9-4-6-13-28(23)46-2)31(42)30-24(10-7-11-26(30)40(29)18-19-41)20-25-21-38-34(37)39-32(25)36;/h3-13,21,29,41H,18-20H2,1-2H3,(H,43,44)(H4,36,37,38,39);1H. The van der Waals surface area contributed by atoms with Crippen LogP contribution in [-0.2, 0) is 11.2 Å². The smallest absolute Gasteiger partial charge is 0.333 e. The number of carbonyl (C=O) groups is 2. The molecule has 1 aliphatic rings. The average molecular weight is 654 g/mol. The van der Waals surface area contributed by atoms with E-state index in [0.29, 0.717) is 39.4 Å². The van der Waals surface area contributed by atoms with Gasteiger partial charge in [0.15, 0.2) is 5.78 Å². The van der Waals surface area contributed by atoms with E-state index in [2.05, 4.69) is 33.6 Å². The number of hydrogen-bond acceptors (Lipinski definition) is 10. The number of aliphatic hydroxyl groups is 1. The van der Waals surface area contributed by atoms with Crippen molar-refractivity contribution in [3.63, 3.8) is 0 Å². The molecule has 1 aromatic heterocycles. The summed E-state index contributed by atoms with van der Waals surface area (Å²) in [6, 6.07) is 17.6. The van der Waals surface area contributed by atoms with Gasteiger partial charge in [0.05, 0.1) is 32.0 Å². The van der Waals surface area contributed by atoms with Crippen LogP contribution in [-0.4, -0.2) is 65.3 Å². The number of methoxy groups -OCH3 is 2. The van der Waals surface area contributed by atoms with Crippen molar-refractivity contribution in [1.29, 1.82) is 0 Å². The predicted molar refractivity (Wildman–Crippen MR) is 180 cm³/mol. The number of carboxylic acids is 1. The van der Waals surface area contributed by atoms with E-state index in [-0.39, 0.29) is 49.3 Å². The van der Waals surface area contributed by atoms with Crippen LogP contribution in [0, 0.1) is 29.1 Å². The molecule has 2 atom stereocenters. The summed E-state index contributed by atoms with van der Waals surface area (Å²) in [5.41, 5.74) is 11.7. The number of ether oxygens (including phenoxy) is 2. The first-order valence-electron chi connectivity index (χ1n) is 14.2. The number of halogens is 1. The van der Waals surface area contributed by atoms with Crippen molar-refractivity contribution >= 4 is 41.6 Å². The zero-order valence-corrected chi connectivity index (χ0v) is 26.4. The molecule has 0 radical (unpaired) electrons. The zero-order valence-electron chi connectivity index (χ0n) is 25.6. The Hall–Kier alpha value is -5.75. The van der Waals surface area contributed by atoms with Crippen molar-refractivity contribution in [3.8, 4) is 35.2 Å². The topological polar surface area (TPSA) is 174 Å². The van der Waals surface area contributed by atoms with Gasteiger partial charge in [0.1, 0.15) is 23.4 Å². The third kappa shape index (κ3) is 6.49. The van der Waals surface area contributed by atoms with Gasteiger partial charge in [-0.3, -0.25) is 4.79 Å². The van der Waals surface area contributed by atoms with Gasteiger partial charge >= 0.3 is 5.97 Å². The number of nitrogen functional groups attached to an aromatic ring is 2. The van der Waals surface area contributed by atoms with E-state index in [0.717, 1.165) is 0 Å². The molecule has 240 valence electrons. The van der Waals surface area contributed by atoms with Gasteiger partial charge in [0.25, 0.3) is 0 Å². The quantitative estimate of drug-likeness (QED) is 0.170. The highest BCUT2D eigenvalue weighted by Crippen LogP contribution is 2.43. The summed E-state index contributed by atoms with van der Waals surface area (Å²) in [5, 5.41) is 21.2. The number of Topliss-reactive ketones (excluding diaryl/α,β-unsaturated/α-hetero) is 1. The molecule has 0 saturated heterocycles. The highest BCUT2D eigenvalue weighted by Gasteiger charge is 2.58. The minimum absolute atomic E-state index is 0. The van der Waals surface area contributed by atoms with Crippen molar-refractivity contribution < 1.29 is 29.3 Å². The van der Waals surface area contributed by atoms with E-state index in [1.165, 1.54) is 20.4 Å². The maximum absolute atomic E-state index is 14.8. The van der Waals surface area contributed by atoms with Gasteiger partial charge in [-0.05, 0) is 35.9 Å². The molecule has 47 heavy (non-hydrogen) atoms. The van der Waals surface area contributed by atoms with Gasteiger partial charge in [-0.1, -0.05) is 60.1 Å². The molecule has 0 spiro atoms. The maximum atomic E-state index is 14.8. The molecule has 11 nitrogen and oxygen atoms in total. The largest absolute Gasteiger partial charge is 0.495 e. The summed E-state index contributed by atoms with van der Waals surface area (Å²) in [5.74, 6) is 10.5. The number of aliphatic hydroxyl groups excluding tert-OH is 1. The van der Waals surface area contributed by atoms with Crippen LogP contribution in [0.5, 0.6) is 11.5 Å². The normalized spacial score (nSPS) is 16.4. The number of benzene rings is 3. The highest BCUT2D eigenvalue weighted by atomic mass is 35.5. The average Bonchev–Trinajstić information content (AvgIpc) is 3.06. The predicted octanol–water partition coefficient (Wildman–Crippen LogP) is 3.21. The fourth-order valence-corrected chi connectivity index (χ4v) is 5.45. The minimum atomic E-state index is -2.41. The van der Waals surface area contributed by atoms with Crippen LogP contribution >= 0.6 is 12.4 Å². The van der Waals surface area contributed by atoms with E-state index in [4.69, 9.17) is 20.9 Å². The molecular formula is C35H32ClN5O6. The second kappa shape index (κ2) is 14.6. The maximum Gasteiger partial charge on any atom is 0.333 e. The number of nitrogens with zero attached hydrogens (tertiary/aromatic N) is 3. The number of rotatable bonds is 7. The molecular weight excluding hydrogens is 622 g/mol. The summed E-state index contributed by atoms with van der Waals surface area (Å²) < 4.78 is 10.9.